The lowest BCUT2D eigenvalue weighted by molar-refractivity contribution is 0.102. The molecular weight excluding hydrogens is 338 g/mol. The Kier molecular flexibility index (Phi) is 5.71. The SMILES string of the molecule is CCN(CC)c1ccc(NC(=O)c2c(-c3ccccc3)cc[nH]c2=O)cc1. The zero-order chi connectivity index (χ0) is 19.2. The van der Waals surface area contributed by atoms with Crippen LogP contribution < -0.4 is 15.8 Å². The van der Waals surface area contributed by atoms with Gasteiger partial charge < -0.3 is 15.2 Å². The van der Waals surface area contributed by atoms with Gasteiger partial charge in [0.05, 0.1) is 0 Å². The second-order valence-corrected chi connectivity index (χ2v) is 6.13. The van der Waals surface area contributed by atoms with Gasteiger partial charge in [-0.25, -0.2) is 0 Å². The number of benzene rings is 2. The van der Waals surface area contributed by atoms with Crippen LogP contribution in [0.2, 0.25) is 0 Å². The molecule has 0 spiro atoms. The average molecular weight is 361 g/mol. The summed E-state index contributed by atoms with van der Waals surface area (Å²) in [5.74, 6) is -0.425. The van der Waals surface area contributed by atoms with Crippen LogP contribution in [0.3, 0.4) is 0 Å². The molecule has 2 N–H and O–H groups in total. The van der Waals surface area contributed by atoms with E-state index in [2.05, 4.69) is 29.0 Å². The summed E-state index contributed by atoms with van der Waals surface area (Å²) in [6.45, 7) is 6.04. The highest BCUT2D eigenvalue weighted by molar-refractivity contribution is 6.08. The molecule has 5 nitrogen and oxygen atoms in total. The van der Waals surface area contributed by atoms with Crippen molar-refractivity contribution in [2.45, 2.75) is 13.8 Å². The van der Waals surface area contributed by atoms with E-state index in [1.165, 1.54) is 0 Å². The third kappa shape index (κ3) is 4.08. The van der Waals surface area contributed by atoms with Crippen LogP contribution in [0.15, 0.2) is 71.7 Å². The van der Waals surface area contributed by atoms with Crippen molar-refractivity contribution in [2.24, 2.45) is 0 Å². The van der Waals surface area contributed by atoms with Gasteiger partial charge in [0.25, 0.3) is 11.5 Å². The van der Waals surface area contributed by atoms with Crippen LogP contribution in [-0.2, 0) is 0 Å². The predicted molar refractivity (Wildman–Crippen MR) is 110 cm³/mol. The summed E-state index contributed by atoms with van der Waals surface area (Å²) in [5, 5.41) is 2.83. The van der Waals surface area contributed by atoms with E-state index in [1.54, 1.807) is 12.3 Å². The number of anilines is 2. The third-order valence-corrected chi connectivity index (χ3v) is 4.53. The topological polar surface area (TPSA) is 65.2 Å². The van der Waals surface area contributed by atoms with E-state index < -0.39 is 11.5 Å². The van der Waals surface area contributed by atoms with E-state index in [0.717, 1.165) is 24.3 Å². The highest BCUT2D eigenvalue weighted by Crippen LogP contribution is 2.22. The fourth-order valence-electron chi connectivity index (χ4n) is 3.10. The number of nitrogens with zero attached hydrogens (tertiary/aromatic N) is 1. The minimum absolute atomic E-state index is 0.108. The van der Waals surface area contributed by atoms with Gasteiger partial charge in [0, 0.05) is 36.2 Å². The van der Waals surface area contributed by atoms with Gasteiger partial charge in [-0.3, -0.25) is 9.59 Å². The van der Waals surface area contributed by atoms with Crippen LogP contribution in [0.4, 0.5) is 11.4 Å². The van der Waals surface area contributed by atoms with Gasteiger partial charge in [-0.05, 0) is 49.7 Å². The highest BCUT2D eigenvalue weighted by atomic mass is 16.2. The summed E-state index contributed by atoms with van der Waals surface area (Å²) >= 11 is 0. The summed E-state index contributed by atoms with van der Waals surface area (Å²) in [6.07, 6.45) is 1.56. The molecule has 0 saturated heterocycles. The van der Waals surface area contributed by atoms with E-state index in [4.69, 9.17) is 0 Å². The molecule has 0 saturated carbocycles. The quantitative estimate of drug-likeness (QED) is 0.693. The molecule has 1 amide bonds. The molecule has 1 aromatic heterocycles. The van der Waals surface area contributed by atoms with Gasteiger partial charge in [0.2, 0.25) is 0 Å². The van der Waals surface area contributed by atoms with Crippen LogP contribution in [0, 0.1) is 0 Å². The minimum atomic E-state index is -0.425. The summed E-state index contributed by atoms with van der Waals surface area (Å²) in [5.41, 5.74) is 2.88. The third-order valence-electron chi connectivity index (χ3n) is 4.53. The summed E-state index contributed by atoms with van der Waals surface area (Å²) < 4.78 is 0. The molecule has 27 heavy (non-hydrogen) atoms. The molecule has 0 aliphatic carbocycles. The molecule has 0 aliphatic rings. The van der Waals surface area contributed by atoms with E-state index in [9.17, 15) is 9.59 Å². The first-order valence-electron chi connectivity index (χ1n) is 9.07. The molecule has 138 valence electrons. The molecule has 0 bridgehead atoms. The minimum Gasteiger partial charge on any atom is -0.372 e. The van der Waals surface area contributed by atoms with E-state index in [1.807, 2.05) is 54.6 Å². The Bertz CT molecular complexity index is 959. The maximum Gasteiger partial charge on any atom is 0.261 e. The fourth-order valence-corrected chi connectivity index (χ4v) is 3.10. The molecule has 5 heteroatoms. The molecule has 1 heterocycles. The van der Waals surface area contributed by atoms with E-state index in [0.29, 0.717) is 11.3 Å². The van der Waals surface area contributed by atoms with Crippen LogP contribution in [-0.4, -0.2) is 24.0 Å². The monoisotopic (exact) mass is 361 g/mol. The summed E-state index contributed by atoms with van der Waals surface area (Å²) in [7, 11) is 0. The molecule has 3 aromatic rings. The normalized spacial score (nSPS) is 10.4. The van der Waals surface area contributed by atoms with Gasteiger partial charge in [-0.15, -0.1) is 0 Å². The molecule has 0 atom stereocenters. The number of carbonyl (C=O) groups is 1. The van der Waals surface area contributed by atoms with Crippen molar-refractivity contribution in [3.8, 4) is 11.1 Å². The summed E-state index contributed by atoms with van der Waals surface area (Å²) in [6, 6.07) is 18.8. The Morgan fingerprint density at radius 3 is 2.26 bits per heavy atom. The standard InChI is InChI=1S/C22H23N3O2/c1-3-25(4-2)18-12-10-17(11-13-18)24-22(27)20-19(14-15-23-21(20)26)16-8-6-5-7-9-16/h5-15H,3-4H2,1-2H3,(H,23,26)(H,24,27). The Hall–Kier alpha value is -3.34. The lowest BCUT2D eigenvalue weighted by Gasteiger charge is -2.21. The largest absolute Gasteiger partial charge is 0.372 e. The van der Waals surface area contributed by atoms with Gasteiger partial charge in [0.1, 0.15) is 5.56 Å². The number of rotatable bonds is 6. The Labute approximate surface area is 158 Å². The van der Waals surface area contributed by atoms with Crippen molar-refractivity contribution in [3.05, 3.63) is 82.8 Å². The molecule has 0 radical (unpaired) electrons. The number of aromatic nitrogens is 1. The molecule has 0 fully saturated rings. The lowest BCUT2D eigenvalue weighted by Crippen LogP contribution is -2.24. The van der Waals surface area contributed by atoms with Crippen LogP contribution >= 0.6 is 0 Å². The van der Waals surface area contributed by atoms with E-state index in [-0.39, 0.29) is 5.56 Å². The van der Waals surface area contributed by atoms with Crippen LogP contribution in [0.5, 0.6) is 0 Å². The molecule has 2 aromatic carbocycles. The predicted octanol–water partition coefficient (Wildman–Crippen LogP) is 4.14. The molecule has 0 aliphatic heterocycles. The number of carbonyl (C=O) groups excluding carboxylic acids is 1. The lowest BCUT2D eigenvalue weighted by atomic mass is 10.0. The fraction of sp³-hybridized carbons (Fsp3) is 0.182. The van der Waals surface area contributed by atoms with E-state index >= 15 is 0 Å². The number of hydrogen-bond donors (Lipinski definition) is 2. The second-order valence-electron chi connectivity index (χ2n) is 6.13. The number of aromatic amines is 1. The zero-order valence-corrected chi connectivity index (χ0v) is 15.5. The van der Waals surface area contributed by atoms with Crippen LogP contribution in [0.1, 0.15) is 24.2 Å². The first-order chi connectivity index (χ1) is 13.1. The van der Waals surface area contributed by atoms with Crippen molar-refractivity contribution in [1.29, 1.82) is 0 Å². The Morgan fingerprint density at radius 1 is 0.963 bits per heavy atom. The number of nitrogens with one attached hydrogen (secondary N) is 2. The van der Waals surface area contributed by atoms with Crippen molar-refractivity contribution in [2.75, 3.05) is 23.3 Å². The maximum absolute atomic E-state index is 12.8. The molecular formula is C22H23N3O2. The Morgan fingerprint density at radius 2 is 1.63 bits per heavy atom. The molecule has 0 unspecified atom stereocenters. The van der Waals surface area contributed by atoms with Crippen molar-refractivity contribution >= 4 is 17.3 Å². The number of amides is 1. The zero-order valence-electron chi connectivity index (χ0n) is 15.5. The highest BCUT2D eigenvalue weighted by Gasteiger charge is 2.17. The second kappa shape index (κ2) is 8.36. The first kappa shape index (κ1) is 18.5. The van der Waals surface area contributed by atoms with Gasteiger partial charge in [-0.1, -0.05) is 30.3 Å². The summed E-state index contributed by atoms with van der Waals surface area (Å²) in [4.78, 5) is 30.0. The maximum atomic E-state index is 12.8. The number of pyridine rings is 1. The first-order valence-corrected chi connectivity index (χ1v) is 9.07. The van der Waals surface area contributed by atoms with Crippen molar-refractivity contribution < 1.29 is 4.79 Å². The van der Waals surface area contributed by atoms with Gasteiger partial charge in [0.15, 0.2) is 0 Å². The molecule has 3 rings (SSSR count). The van der Waals surface area contributed by atoms with Gasteiger partial charge >= 0.3 is 0 Å². The average Bonchev–Trinajstić information content (AvgIpc) is 2.70. The Balaban J connectivity index is 1.88. The number of hydrogen-bond acceptors (Lipinski definition) is 3. The van der Waals surface area contributed by atoms with Crippen molar-refractivity contribution in [3.63, 3.8) is 0 Å². The number of H-pyrrole nitrogens is 1. The smallest absolute Gasteiger partial charge is 0.261 e. The van der Waals surface area contributed by atoms with Crippen LogP contribution in [0.25, 0.3) is 11.1 Å². The van der Waals surface area contributed by atoms with Crippen molar-refractivity contribution in [1.82, 2.24) is 4.98 Å². The van der Waals surface area contributed by atoms with Gasteiger partial charge in [-0.2, -0.15) is 0 Å².